The molecule has 8 nitrogen and oxygen atoms in total. The molecule has 4 aromatic heterocycles. The lowest BCUT2D eigenvalue weighted by Gasteiger charge is -2.08. The molecule has 0 fully saturated rings. The number of benzene rings is 10. The van der Waals surface area contributed by atoms with Gasteiger partial charge < -0.3 is 27.7 Å². The van der Waals surface area contributed by atoms with Crippen LogP contribution in [0.1, 0.15) is 12.5 Å². The lowest BCUT2D eigenvalue weighted by Crippen LogP contribution is -2.30. The van der Waals surface area contributed by atoms with Crippen molar-refractivity contribution in [1.29, 1.82) is 10.5 Å². The Morgan fingerprint density at radius 1 is 0.419 bits per heavy atom. The maximum Gasteiger partial charge on any atom is 0.496 e. The average molecular weight is 1030 g/mol. The molecule has 0 atom stereocenters. The lowest BCUT2D eigenvalue weighted by molar-refractivity contribution is 0.425. The van der Waals surface area contributed by atoms with Crippen molar-refractivity contribution in [2.75, 3.05) is 7.15 Å². The van der Waals surface area contributed by atoms with Gasteiger partial charge in [-0.05, 0) is 107 Å². The predicted octanol–water partition coefficient (Wildman–Crippen LogP) is 16.4. The van der Waals surface area contributed by atoms with E-state index in [1.807, 2.05) is 170 Å². The molecule has 14 rings (SSSR count). The largest absolute Gasteiger partial charge is 0.496 e. The number of nitriles is 2. The van der Waals surface area contributed by atoms with Gasteiger partial charge in [0.25, 0.3) is 0 Å². The fourth-order valence-corrected chi connectivity index (χ4v) is 10.1. The van der Waals surface area contributed by atoms with Crippen LogP contribution in [0, 0.1) is 22.7 Å². The minimum Gasteiger partial charge on any atom is -0.456 e. The Hall–Kier alpha value is -9.23. The number of fused-ring (bicyclic) bond motifs is 12. The van der Waals surface area contributed by atoms with Gasteiger partial charge in [0.05, 0.1) is 42.8 Å². The molecular formula is C63H39BBrFN2O6. The molecule has 354 valence electrons. The van der Waals surface area contributed by atoms with E-state index in [-0.39, 0.29) is 5.46 Å². The van der Waals surface area contributed by atoms with Crippen molar-refractivity contribution in [3.8, 4) is 45.5 Å². The second-order valence-corrected chi connectivity index (χ2v) is 18.2. The zero-order valence-electron chi connectivity index (χ0n) is 40.1. The van der Waals surface area contributed by atoms with E-state index in [9.17, 15) is 19.7 Å². The zero-order chi connectivity index (χ0) is 51.6. The number of para-hydroxylation sites is 4. The molecule has 0 aliphatic carbocycles. The first-order valence-corrected chi connectivity index (χ1v) is 24.1. The van der Waals surface area contributed by atoms with Crippen molar-refractivity contribution in [2.45, 2.75) is 0 Å². The van der Waals surface area contributed by atoms with Crippen LogP contribution in [0.15, 0.2) is 228 Å². The van der Waals surface area contributed by atoms with Crippen LogP contribution in [-0.2, 0) is 0 Å². The van der Waals surface area contributed by atoms with Gasteiger partial charge in [-0.1, -0.05) is 143 Å². The van der Waals surface area contributed by atoms with Crippen molar-refractivity contribution in [2.24, 2.45) is 0 Å². The number of alkyl halides is 1. The molecule has 14 aromatic rings. The first-order valence-electron chi connectivity index (χ1n) is 24.0. The van der Waals surface area contributed by atoms with E-state index < -0.39 is 14.3 Å². The molecule has 0 saturated heterocycles. The smallest absolute Gasteiger partial charge is 0.456 e. The molecule has 0 spiro atoms. The Labute approximate surface area is 432 Å². The minimum absolute atomic E-state index is 0.268. The SMILES string of the molecule is N#Cc1cccc(-c2cccc(-c3c4oc5ccccc5c4cc4c3oc3ccccc34)c2)c1.N#Cc1cccc(-c2cccc(Br)c2)c1.OB(O)c1c2oc3ccccc3c2cc2c1oc1ccccc12.[2H]CF. The highest BCUT2D eigenvalue weighted by Crippen LogP contribution is 2.45. The summed E-state index contributed by atoms with van der Waals surface area (Å²) >= 11 is 3.43. The summed E-state index contributed by atoms with van der Waals surface area (Å²) < 4.78 is 41.1. The average Bonchev–Trinajstić information content (AvgIpc) is 4.23. The van der Waals surface area contributed by atoms with Gasteiger partial charge >= 0.3 is 7.12 Å². The third kappa shape index (κ3) is 8.61. The van der Waals surface area contributed by atoms with Gasteiger partial charge in [-0.25, -0.2) is 0 Å². The van der Waals surface area contributed by atoms with Gasteiger partial charge in [0, 0.05) is 47.6 Å². The second kappa shape index (κ2) is 20.1. The molecule has 0 aliphatic heterocycles. The number of nitrogens with zero attached hydrogens (tertiary/aromatic N) is 2. The molecule has 0 radical (unpaired) electrons. The molecule has 0 amide bonds. The first kappa shape index (κ1) is 45.9. The van der Waals surface area contributed by atoms with Crippen molar-refractivity contribution >= 4 is 116 Å². The summed E-state index contributed by atoms with van der Waals surface area (Å²) in [4.78, 5) is 0. The summed E-state index contributed by atoms with van der Waals surface area (Å²) in [7, 11) is -2.68. The Bertz CT molecular complexity index is 4370. The van der Waals surface area contributed by atoms with Gasteiger partial charge in [0.1, 0.15) is 44.7 Å². The normalized spacial score (nSPS) is 11.2. The van der Waals surface area contributed by atoms with Crippen molar-refractivity contribution in [3.63, 3.8) is 0 Å². The molecule has 0 aliphatic rings. The fraction of sp³-hybridized carbons (Fsp3) is 0.0159. The highest BCUT2D eigenvalue weighted by atomic mass is 79.9. The molecule has 0 bridgehead atoms. The van der Waals surface area contributed by atoms with Crippen LogP contribution in [0.25, 0.3) is 121 Å². The Morgan fingerprint density at radius 2 is 0.757 bits per heavy atom. The summed E-state index contributed by atoms with van der Waals surface area (Å²) in [5.74, 6) is 0. The lowest BCUT2D eigenvalue weighted by atomic mass is 9.78. The van der Waals surface area contributed by atoms with E-state index in [0.29, 0.717) is 33.5 Å². The first-order chi connectivity index (χ1) is 36.7. The van der Waals surface area contributed by atoms with Gasteiger partial charge in [0.2, 0.25) is 0 Å². The number of furan rings is 4. The van der Waals surface area contributed by atoms with Crippen molar-refractivity contribution in [3.05, 3.63) is 222 Å². The maximum absolute atomic E-state index is 9.96. The van der Waals surface area contributed by atoms with Crippen LogP contribution in [0.3, 0.4) is 0 Å². The molecule has 74 heavy (non-hydrogen) atoms. The standard InChI is InChI=1S/C31H17NO2.C18H11BO4.C13H8BrN.CH3F/c32-18-19-7-5-8-20(15-19)21-9-6-10-22(16-21)29-30-25(23-11-1-3-13-27(23)33-30)17-26-24-12-2-4-14-28(24)34-31(26)29;20-19(21)16-17-12(10-5-1-3-7-14(10)22-17)9-13-11-6-2-4-8-15(11)23-18(13)16;14-13-6-2-5-12(8-13)11-4-1-3-10(7-11)9-15;1-2/h1-17H;1-9,20-21H;1-8H;1H3/i;;;1D. The van der Waals surface area contributed by atoms with Gasteiger partial charge in [0.15, 0.2) is 0 Å². The fourth-order valence-electron chi connectivity index (χ4n) is 9.66. The van der Waals surface area contributed by atoms with Crippen molar-refractivity contribution < 1.29 is 33.5 Å². The molecule has 2 N–H and O–H groups in total. The third-order valence-corrected chi connectivity index (χ3v) is 13.4. The van der Waals surface area contributed by atoms with E-state index in [1.165, 1.54) is 0 Å². The molecule has 4 heterocycles. The van der Waals surface area contributed by atoms with E-state index in [1.54, 1.807) is 0 Å². The predicted molar refractivity (Wildman–Crippen MR) is 299 cm³/mol. The monoisotopic (exact) mass is 1030 g/mol. The van der Waals surface area contributed by atoms with E-state index >= 15 is 0 Å². The van der Waals surface area contributed by atoms with Gasteiger partial charge in [-0.15, -0.1) is 0 Å². The number of rotatable bonds is 4. The van der Waals surface area contributed by atoms with Crippen LogP contribution in [0.5, 0.6) is 0 Å². The number of hydrogen-bond acceptors (Lipinski definition) is 8. The molecule has 0 saturated carbocycles. The van der Waals surface area contributed by atoms with Crippen LogP contribution in [-0.4, -0.2) is 24.3 Å². The minimum atomic E-state index is -1.68. The zero-order valence-corrected chi connectivity index (χ0v) is 40.7. The van der Waals surface area contributed by atoms with Crippen molar-refractivity contribution in [1.82, 2.24) is 0 Å². The van der Waals surface area contributed by atoms with Crippen LogP contribution in [0.4, 0.5) is 4.39 Å². The quantitative estimate of drug-likeness (QED) is 0.166. The van der Waals surface area contributed by atoms with Crippen LogP contribution in [0.2, 0.25) is 0 Å². The highest BCUT2D eigenvalue weighted by molar-refractivity contribution is 9.10. The van der Waals surface area contributed by atoms with E-state index in [0.717, 1.165) is 103 Å². The molecular weight excluding hydrogens is 990 g/mol. The maximum atomic E-state index is 9.96. The Kier molecular flexibility index (Phi) is 12.5. The highest BCUT2D eigenvalue weighted by Gasteiger charge is 2.27. The summed E-state index contributed by atoms with van der Waals surface area (Å²) in [6.07, 6.45) is 0. The van der Waals surface area contributed by atoms with E-state index in [4.69, 9.17) is 24.3 Å². The Balaban J connectivity index is 0.000000127. The van der Waals surface area contributed by atoms with Crippen LogP contribution >= 0.6 is 15.9 Å². The summed E-state index contributed by atoms with van der Waals surface area (Å²) in [6, 6.07) is 71.8. The Morgan fingerprint density at radius 3 is 1.16 bits per heavy atom. The second-order valence-electron chi connectivity index (χ2n) is 17.3. The summed E-state index contributed by atoms with van der Waals surface area (Å²) in [5, 5.41) is 45.9. The molecule has 0 unspecified atom stereocenters. The number of hydrogen-bond donors (Lipinski definition) is 2. The van der Waals surface area contributed by atoms with Gasteiger partial charge in [-0.2, -0.15) is 10.5 Å². The van der Waals surface area contributed by atoms with Crippen LogP contribution < -0.4 is 5.46 Å². The summed E-state index contributed by atoms with van der Waals surface area (Å²) in [6.45, 7) is 0. The van der Waals surface area contributed by atoms with E-state index in [2.05, 4.69) is 64.5 Å². The molecule has 10 aromatic carbocycles. The van der Waals surface area contributed by atoms with Gasteiger partial charge in [-0.3, -0.25) is 4.39 Å². The third-order valence-electron chi connectivity index (χ3n) is 12.9. The topological polar surface area (TPSA) is 141 Å². The molecule has 11 heteroatoms. The number of halogens is 2. The summed E-state index contributed by atoms with van der Waals surface area (Å²) in [5.41, 5.74) is 13.4.